The molecule has 0 bridgehead atoms. The van der Waals surface area contributed by atoms with Crippen molar-refractivity contribution in [3.05, 3.63) is 30.1 Å². The molecule has 5 nitrogen and oxygen atoms in total. The van der Waals surface area contributed by atoms with Crippen LogP contribution in [-0.4, -0.2) is 22.4 Å². The van der Waals surface area contributed by atoms with Crippen LogP contribution in [0.15, 0.2) is 24.5 Å². The Morgan fingerprint density at radius 1 is 1.42 bits per heavy atom. The number of rotatable bonds is 2. The normalized spacial score (nSPS) is 9.74. The van der Waals surface area contributed by atoms with Crippen LogP contribution in [0, 0.1) is 11.8 Å². The maximum atomic E-state index is 10.7. The summed E-state index contributed by atoms with van der Waals surface area (Å²) < 4.78 is 0. The fraction of sp³-hybridized carbons (Fsp3) is 0.214. The predicted molar refractivity (Wildman–Crippen MR) is 74.1 cm³/mol. The lowest BCUT2D eigenvalue weighted by Gasteiger charge is -2.00. The summed E-state index contributed by atoms with van der Waals surface area (Å²) in [4.78, 5) is 18.7. The van der Waals surface area contributed by atoms with E-state index in [4.69, 9.17) is 5.73 Å². The van der Waals surface area contributed by atoms with E-state index >= 15 is 0 Å². The molecule has 19 heavy (non-hydrogen) atoms. The number of amides is 1. The van der Waals surface area contributed by atoms with Crippen molar-refractivity contribution in [1.82, 2.24) is 15.3 Å². The molecule has 0 spiro atoms. The third kappa shape index (κ3) is 3.42. The van der Waals surface area contributed by atoms with Gasteiger partial charge in [-0.25, -0.2) is 9.97 Å². The predicted octanol–water partition coefficient (Wildman–Crippen LogP) is 1.09. The molecule has 0 aliphatic carbocycles. The van der Waals surface area contributed by atoms with Crippen LogP contribution < -0.4 is 11.1 Å². The van der Waals surface area contributed by atoms with Crippen LogP contribution in [0.4, 0.5) is 5.82 Å². The Bertz CT molecular complexity index is 670. The Labute approximate surface area is 111 Å². The largest absolute Gasteiger partial charge is 0.383 e. The highest BCUT2D eigenvalue weighted by Gasteiger charge is 2.00. The molecular weight excluding hydrogens is 240 g/mol. The number of nitrogens with zero attached hydrogens (tertiary/aromatic N) is 2. The fourth-order valence-corrected chi connectivity index (χ4v) is 1.62. The molecule has 1 amide bonds. The number of nitrogen functional groups attached to an aromatic ring is 1. The number of aromatic nitrogens is 2. The topological polar surface area (TPSA) is 80.9 Å². The molecule has 1 aromatic carbocycles. The lowest BCUT2D eigenvalue weighted by Crippen LogP contribution is -2.20. The lowest BCUT2D eigenvalue weighted by atomic mass is 10.1. The second-order valence-corrected chi connectivity index (χ2v) is 4.03. The molecule has 96 valence electrons. The van der Waals surface area contributed by atoms with Gasteiger partial charge in [0.15, 0.2) is 0 Å². The van der Waals surface area contributed by atoms with E-state index in [9.17, 15) is 4.79 Å². The molecule has 1 heterocycles. The molecule has 0 aliphatic heterocycles. The Morgan fingerprint density at radius 3 is 3.05 bits per heavy atom. The van der Waals surface area contributed by atoms with Crippen molar-refractivity contribution in [3.63, 3.8) is 0 Å². The smallest absolute Gasteiger partial charge is 0.216 e. The zero-order valence-electron chi connectivity index (χ0n) is 10.6. The number of carbonyl (C=O) groups is 1. The van der Waals surface area contributed by atoms with Gasteiger partial charge in [-0.3, -0.25) is 4.79 Å². The standard InChI is InChI=1S/C14H14N4O/c1-10(19)16-7-3-2-4-11-5-6-13-12(8-11)14(15)18-9-17-13/h5-6,8-9H,3,7H2,1H3,(H,16,19)(H2,15,17,18). The number of carbonyl (C=O) groups excluding carboxylic acids is 1. The van der Waals surface area contributed by atoms with Gasteiger partial charge in [-0.1, -0.05) is 11.8 Å². The van der Waals surface area contributed by atoms with Crippen LogP contribution in [0.25, 0.3) is 10.9 Å². The van der Waals surface area contributed by atoms with Crippen LogP contribution in [0.5, 0.6) is 0 Å². The average Bonchev–Trinajstić information content (AvgIpc) is 2.39. The highest BCUT2D eigenvalue weighted by atomic mass is 16.1. The number of hydrogen-bond acceptors (Lipinski definition) is 4. The van der Waals surface area contributed by atoms with E-state index in [1.165, 1.54) is 13.3 Å². The summed E-state index contributed by atoms with van der Waals surface area (Å²) in [5, 5.41) is 3.49. The van der Waals surface area contributed by atoms with E-state index in [1.807, 2.05) is 18.2 Å². The molecule has 1 aromatic heterocycles. The highest BCUT2D eigenvalue weighted by Crippen LogP contribution is 2.17. The first kappa shape index (κ1) is 12.8. The van der Waals surface area contributed by atoms with E-state index in [0.717, 1.165) is 16.5 Å². The Hall–Kier alpha value is -2.61. The van der Waals surface area contributed by atoms with Gasteiger partial charge in [-0.15, -0.1) is 0 Å². The zero-order valence-corrected chi connectivity index (χ0v) is 10.6. The van der Waals surface area contributed by atoms with Crippen molar-refractivity contribution in [1.29, 1.82) is 0 Å². The second-order valence-electron chi connectivity index (χ2n) is 4.03. The Kier molecular flexibility index (Phi) is 3.94. The van der Waals surface area contributed by atoms with Gasteiger partial charge in [0.1, 0.15) is 12.1 Å². The molecule has 0 unspecified atom stereocenters. The third-order valence-corrected chi connectivity index (χ3v) is 2.52. The minimum absolute atomic E-state index is 0.0440. The van der Waals surface area contributed by atoms with Crippen molar-refractivity contribution in [2.75, 3.05) is 12.3 Å². The van der Waals surface area contributed by atoms with Gasteiger partial charge in [-0.05, 0) is 18.2 Å². The van der Waals surface area contributed by atoms with Crippen LogP contribution in [0.1, 0.15) is 18.9 Å². The van der Waals surface area contributed by atoms with Gasteiger partial charge in [0.25, 0.3) is 0 Å². The number of nitrogens with two attached hydrogens (primary N) is 1. The molecule has 0 fully saturated rings. The first-order chi connectivity index (χ1) is 9.16. The number of anilines is 1. The summed E-state index contributed by atoms with van der Waals surface area (Å²) in [5.74, 6) is 6.43. The Morgan fingerprint density at radius 2 is 2.26 bits per heavy atom. The van der Waals surface area contributed by atoms with Crippen LogP contribution in [-0.2, 0) is 4.79 Å². The number of benzene rings is 1. The minimum Gasteiger partial charge on any atom is -0.383 e. The molecule has 0 radical (unpaired) electrons. The minimum atomic E-state index is -0.0440. The molecule has 3 N–H and O–H groups in total. The molecular formula is C14H14N4O. The second kappa shape index (κ2) is 5.83. The van der Waals surface area contributed by atoms with Gasteiger partial charge in [0.05, 0.1) is 5.52 Å². The van der Waals surface area contributed by atoms with Crippen molar-refractivity contribution < 1.29 is 4.79 Å². The van der Waals surface area contributed by atoms with E-state index in [0.29, 0.717) is 18.8 Å². The summed E-state index contributed by atoms with van der Waals surface area (Å²) in [6, 6.07) is 5.63. The summed E-state index contributed by atoms with van der Waals surface area (Å²) in [7, 11) is 0. The van der Waals surface area contributed by atoms with Crippen molar-refractivity contribution in [2.45, 2.75) is 13.3 Å². The van der Waals surface area contributed by atoms with Crippen LogP contribution in [0.2, 0.25) is 0 Å². The molecule has 0 saturated carbocycles. The summed E-state index contributed by atoms with van der Waals surface area (Å²) in [6.45, 7) is 2.04. The van der Waals surface area contributed by atoms with Crippen LogP contribution in [0.3, 0.4) is 0 Å². The zero-order chi connectivity index (χ0) is 13.7. The SMILES string of the molecule is CC(=O)NCCC#Cc1ccc2ncnc(N)c2c1. The van der Waals surface area contributed by atoms with Crippen LogP contribution >= 0.6 is 0 Å². The monoisotopic (exact) mass is 254 g/mol. The molecule has 2 aromatic rings. The van der Waals surface area contributed by atoms with E-state index < -0.39 is 0 Å². The van der Waals surface area contributed by atoms with E-state index in [2.05, 4.69) is 27.1 Å². The fourth-order valence-electron chi connectivity index (χ4n) is 1.62. The first-order valence-electron chi connectivity index (χ1n) is 5.90. The molecule has 0 aliphatic rings. The van der Waals surface area contributed by atoms with Crippen molar-refractivity contribution >= 4 is 22.6 Å². The van der Waals surface area contributed by atoms with E-state index in [1.54, 1.807) is 0 Å². The first-order valence-corrected chi connectivity index (χ1v) is 5.90. The summed E-state index contributed by atoms with van der Waals surface area (Å²) in [5.41, 5.74) is 7.45. The number of fused-ring (bicyclic) bond motifs is 1. The molecule has 2 rings (SSSR count). The highest BCUT2D eigenvalue weighted by molar-refractivity contribution is 5.88. The maximum absolute atomic E-state index is 10.7. The number of hydrogen-bond donors (Lipinski definition) is 2. The van der Waals surface area contributed by atoms with Gasteiger partial charge in [0.2, 0.25) is 5.91 Å². The molecule has 0 atom stereocenters. The maximum Gasteiger partial charge on any atom is 0.216 e. The summed E-state index contributed by atoms with van der Waals surface area (Å²) in [6.07, 6.45) is 2.05. The molecule has 5 heteroatoms. The Balaban J connectivity index is 2.11. The summed E-state index contributed by atoms with van der Waals surface area (Å²) >= 11 is 0. The quantitative estimate of drug-likeness (QED) is 0.621. The van der Waals surface area contributed by atoms with Crippen molar-refractivity contribution in [3.8, 4) is 11.8 Å². The van der Waals surface area contributed by atoms with Crippen molar-refractivity contribution in [2.24, 2.45) is 0 Å². The van der Waals surface area contributed by atoms with Gasteiger partial charge in [0, 0.05) is 30.8 Å². The lowest BCUT2D eigenvalue weighted by molar-refractivity contribution is -0.118. The van der Waals surface area contributed by atoms with Gasteiger partial charge >= 0.3 is 0 Å². The van der Waals surface area contributed by atoms with E-state index in [-0.39, 0.29) is 5.91 Å². The molecule has 0 saturated heterocycles. The third-order valence-electron chi connectivity index (χ3n) is 2.52. The number of nitrogens with one attached hydrogen (secondary N) is 1. The van der Waals surface area contributed by atoms with Gasteiger partial charge in [-0.2, -0.15) is 0 Å². The average molecular weight is 254 g/mol. The van der Waals surface area contributed by atoms with Gasteiger partial charge < -0.3 is 11.1 Å².